The number of hydrogen-bond donors (Lipinski definition) is 0. The zero-order valence-electron chi connectivity index (χ0n) is 17.0. The molecule has 0 spiro atoms. The number of ether oxygens (including phenoxy) is 2. The first-order valence-corrected chi connectivity index (χ1v) is 11.0. The summed E-state index contributed by atoms with van der Waals surface area (Å²) in [5.74, 6) is 0.206. The Balaban J connectivity index is 1.74. The molecular weight excluding hydrogens is 446 g/mol. The summed E-state index contributed by atoms with van der Waals surface area (Å²) in [6, 6.07) is 11.1. The molecule has 0 bridgehead atoms. The van der Waals surface area contributed by atoms with Gasteiger partial charge in [-0.2, -0.15) is 4.98 Å². The molecule has 0 saturated carbocycles. The van der Waals surface area contributed by atoms with E-state index < -0.39 is 16.0 Å². The second-order valence-corrected chi connectivity index (χ2v) is 8.98. The number of rotatable bonds is 8. The van der Waals surface area contributed by atoms with Gasteiger partial charge in [-0.05, 0) is 37.3 Å². The van der Waals surface area contributed by atoms with Gasteiger partial charge in [0.2, 0.25) is 15.8 Å². The maximum atomic E-state index is 12.4. The van der Waals surface area contributed by atoms with Crippen LogP contribution in [-0.2, 0) is 21.4 Å². The first kappa shape index (κ1) is 22.7. The number of aromatic nitrogens is 2. The van der Waals surface area contributed by atoms with Gasteiger partial charge in [-0.25, -0.2) is 17.5 Å². The topological polar surface area (TPSA) is 112 Å². The molecule has 0 saturated heterocycles. The van der Waals surface area contributed by atoms with Crippen LogP contribution < -0.4 is 4.74 Å². The average Bonchev–Trinajstić information content (AvgIpc) is 3.21. The lowest BCUT2D eigenvalue weighted by atomic mass is 10.2. The van der Waals surface area contributed by atoms with Crippen LogP contribution in [0.25, 0.3) is 11.4 Å². The van der Waals surface area contributed by atoms with Crippen LogP contribution in [-0.4, -0.2) is 49.5 Å². The van der Waals surface area contributed by atoms with Crippen molar-refractivity contribution in [3.8, 4) is 17.1 Å². The van der Waals surface area contributed by atoms with Gasteiger partial charge in [0.25, 0.3) is 5.89 Å². The average molecular weight is 466 g/mol. The first-order valence-electron chi connectivity index (χ1n) is 9.18. The van der Waals surface area contributed by atoms with Crippen LogP contribution in [0.5, 0.6) is 5.75 Å². The van der Waals surface area contributed by atoms with E-state index in [1.54, 1.807) is 12.1 Å². The lowest BCUT2D eigenvalue weighted by Crippen LogP contribution is -2.23. The molecule has 31 heavy (non-hydrogen) atoms. The summed E-state index contributed by atoms with van der Waals surface area (Å²) in [6.07, 6.45) is 0. The Morgan fingerprint density at radius 1 is 1.19 bits per heavy atom. The van der Waals surface area contributed by atoms with E-state index in [9.17, 15) is 13.2 Å². The Kier molecular flexibility index (Phi) is 6.94. The highest BCUT2D eigenvalue weighted by Crippen LogP contribution is 2.28. The summed E-state index contributed by atoms with van der Waals surface area (Å²) in [6.45, 7) is 2.05. The van der Waals surface area contributed by atoms with E-state index in [2.05, 4.69) is 10.1 Å². The molecule has 0 aliphatic heterocycles. The van der Waals surface area contributed by atoms with Gasteiger partial charge in [-0.3, -0.25) is 0 Å². The van der Waals surface area contributed by atoms with Crippen molar-refractivity contribution < 1.29 is 27.2 Å². The number of para-hydroxylation sites is 1. The fourth-order valence-electron chi connectivity index (χ4n) is 2.59. The monoisotopic (exact) mass is 465 g/mol. The summed E-state index contributed by atoms with van der Waals surface area (Å²) in [7, 11) is -1.09. The molecule has 0 fully saturated rings. The van der Waals surface area contributed by atoms with Gasteiger partial charge in [-0.1, -0.05) is 28.9 Å². The molecule has 2 aromatic carbocycles. The van der Waals surface area contributed by atoms with Crippen LogP contribution in [0.3, 0.4) is 0 Å². The van der Waals surface area contributed by atoms with Gasteiger partial charge in [0.1, 0.15) is 10.6 Å². The van der Waals surface area contributed by atoms with E-state index in [4.69, 9.17) is 25.6 Å². The molecule has 0 radical (unpaired) electrons. The number of esters is 1. The molecular formula is C20H20ClN3O6S. The summed E-state index contributed by atoms with van der Waals surface area (Å²) in [5, 5.41) is 3.90. The van der Waals surface area contributed by atoms with Crippen molar-refractivity contribution in [2.24, 2.45) is 0 Å². The normalized spacial score (nSPS) is 11.5. The lowest BCUT2D eigenvalue weighted by molar-refractivity contribution is 0.0429. The predicted octanol–water partition coefficient (Wildman–Crippen LogP) is 3.40. The Morgan fingerprint density at radius 2 is 1.94 bits per heavy atom. The number of carbonyl (C=O) groups is 1. The predicted molar refractivity (Wildman–Crippen MR) is 112 cm³/mol. The van der Waals surface area contributed by atoms with E-state index in [0.717, 1.165) is 10.4 Å². The molecule has 0 aliphatic carbocycles. The third-order valence-electron chi connectivity index (χ3n) is 4.15. The summed E-state index contributed by atoms with van der Waals surface area (Å²) < 4.78 is 41.6. The number of hydrogen-bond acceptors (Lipinski definition) is 8. The van der Waals surface area contributed by atoms with E-state index >= 15 is 0 Å². The highest BCUT2D eigenvalue weighted by molar-refractivity contribution is 7.89. The number of halogens is 1. The zero-order valence-corrected chi connectivity index (χ0v) is 18.6. The first-order chi connectivity index (χ1) is 14.7. The fourth-order valence-corrected chi connectivity index (χ4v) is 3.98. The molecule has 11 heteroatoms. The fraction of sp³-hybridized carbons (Fsp3) is 0.250. The van der Waals surface area contributed by atoms with Crippen molar-refractivity contribution in [2.75, 3.05) is 20.7 Å². The molecule has 0 N–H and O–H groups in total. The number of sulfonamides is 1. The van der Waals surface area contributed by atoms with Crippen LogP contribution in [0, 0.1) is 0 Å². The highest BCUT2D eigenvalue weighted by Gasteiger charge is 2.23. The molecule has 0 atom stereocenters. The molecule has 0 aliphatic rings. The Labute approximate surface area is 184 Å². The smallest absolute Gasteiger partial charge is 0.338 e. The van der Waals surface area contributed by atoms with E-state index in [1.165, 1.54) is 26.2 Å². The maximum absolute atomic E-state index is 12.4. The quantitative estimate of drug-likeness (QED) is 0.465. The van der Waals surface area contributed by atoms with Crippen LogP contribution >= 0.6 is 11.6 Å². The highest BCUT2D eigenvalue weighted by atomic mass is 35.5. The van der Waals surface area contributed by atoms with Gasteiger partial charge in [0, 0.05) is 14.1 Å². The molecule has 0 unspecified atom stereocenters. The standard InChI is InChI=1S/C20H20ClN3O6S/c1-4-28-16-8-6-5-7-14(16)19-22-18(30-23-19)12-29-20(25)13-9-10-15(21)17(11-13)31(26,27)24(2)3/h5-11H,4,12H2,1-3H3. The van der Waals surface area contributed by atoms with Crippen molar-refractivity contribution in [2.45, 2.75) is 18.4 Å². The van der Waals surface area contributed by atoms with Crippen molar-refractivity contribution in [3.05, 3.63) is 58.9 Å². The minimum absolute atomic E-state index is 0.000225. The van der Waals surface area contributed by atoms with Crippen LogP contribution in [0.15, 0.2) is 51.9 Å². The van der Waals surface area contributed by atoms with Gasteiger partial charge in [0.05, 0.1) is 22.8 Å². The van der Waals surface area contributed by atoms with Crippen LogP contribution in [0.4, 0.5) is 0 Å². The summed E-state index contributed by atoms with van der Waals surface area (Å²) in [5.41, 5.74) is 0.660. The number of carbonyl (C=O) groups excluding carboxylic acids is 1. The van der Waals surface area contributed by atoms with Crippen molar-refractivity contribution >= 4 is 27.6 Å². The van der Waals surface area contributed by atoms with Gasteiger partial charge < -0.3 is 14.0 Å². The molecule has 3 aromatic rings. The molecule has 3 rings (SSSR count). The summed E-state index contributed by atoms with van der Waals surface area (Å²) >= 11 is 6.00. The number of nitrogens with zero attached hydrogens (tertiary/aromatic N) is 3. The van der Waals surface area contributed by atoms with E-state index in [1.807, 2.05) is 19.1 Å². The lowest BCUT2D eigenvalue weighted by Gasteiger charge is -2.13. The SMILES string of the molecule is CCOc1ccccc1-c1noc(COC(=O)c2ccc(Cl)c(S(=O)(=O)N(C)C)c2)n1. The Hall–Kier alpha value is -2.95. The van der Waals surface area contributed by atoms with E-state index in [0.29, 0.717) is 23.7 Å². The molecule has 164 valence electrons. The summed E-state index contributed by atoms with van der Waals surface area (Å²) in [4.78, 5) is 16.4. The number of benzene rings is 2. The van der Waals surface area contributed by atoms with Crippen LogP contribution in [0.2, 0.25) is 5.02 Å². The largest absolute Gasteiger partial charge is 0.493 e. The van der Waals surface area contributed by atoms with E-state index in [-0.39, 0.29) is 28.0 Å². The van der Waals surface area contributed by atoms with Crippen LogP contribution in [0.1, 0.15) is 23.2 Å². The van der Waals surface area contributed by atoms with Gasteiger partial charge >= 0.3 is 5.97 Å². The van der Waals surface area contributed by atoms with Gasteiger partial charge in [0.15, 0.2) is 6.61 Å². The van der Waals surface area contributed by atoms with Crippen molar-refractivity contribution in [1.82, 2.24) is 14.4 Å². The maximum Gasteiger partial charge on any atom is 0.338 e. The van der Waals surface area contributed by atoms with Crippen molar-refractivity contribution in [3.63, 3.8) is 0 Å². The zero-order chi connectivity index (χ0) is 22.6. The van der Waals surface area contributed by atoms with Gasteiger partial charge in [-0.15, -0.1) is 0 Å². The second-order valence-electron chi connectivity index (χ2n) is 6.45. The Bertz CT molecular complexity index is 1190. The Morgan fingerprint density at radius 3 is 2.65 bits per heavy atom. The third-order valence-corrected chi connectivity index (χ3v) is 6.44. The molecule has 0 amide bonds. The third kappa shape index (κ3) is 5.04. The minimum atomic E-state index is -3.83. The minimum Gasteiger partial charge on any atom is -0.493 e. The molecule has 1 heterocycles. The molecule has 9 nitrogen and oxygen atoms in total. The van der Waals surface area contributed by atoms with Crippen molar-refractivity contribution in [1.29, 1.82) is 0 Å². The molecule has 1 aromatic heterocycles. The second kappa shape index (κ2) is 9.46.